The minimum atomic E-state index is -0.181. The monoisotopic (exact) mass is 299 g/mol. The number of hydrogen-bond donors (Lipinski definition) is 0. The fourth-order valence-corrected chi connectivity index (χ4v) is 2.99. The minimum absolute atomic E-state index is 0.181. The first-order valence-electron chi connectivity index (χ1n) is 7.47. The van der Waals surface area contributed by atoms with Crippen LogP contribution in [0.5, 0.6) is 0 Å². The molecular weight excluding hydrogens is 286 g/mol. The summed E-state index contributed by atoms with van der Waals surface area (Å²) in [7, 11) is 0. The number of nitrogens with zero attached hydrogens (tertiary/aromatic N) is 1. The zero-order chi connectivity index (χ0) is 15.8. The van der Waals surface area contributed by atoms with Gasteiger partial charge >= 0.3 is 0 Å². The molecule has 3 heteroatoms. The van der Waals surface area contributed by atoms with Gasteiger partial charge in [0.2, 0.25) is 0 Å². The van der Waals surface area contributed by atoms with Crippen molar-refractivity contribution in [2.45, 2.75) is 6.42 Å². The van der Waals surface area contributed by atoms with Crippen LogP contribution < -0.4 is 0 Å². The Kier molecular flexibility index (Phi) is 3.12. The number of aliphatic imine (C=N–C) groups is 1. The first-order valence-corrected chi connectivity index (χ1v) is 7.47. The third-order valence-electron chi connectivity index (χ3n) is 4.11. The van der Waals surface area contributed by atoms with Crippen LogP contribution in [0.4, 0.5) is 0 Å². The lowest BCUT2D eigenvalue weighted by molar-refractivity contribution is 0.0987. The summed E-state index contributed by atoms with van der Waals surface area (Å²) in [6, 6.07) is 16.7. The van der Waals surface area contributed by atoms with E-state index in [0.717, 1.165) is 16.8 Å². The van der Waals surface area contributed by atoms with E-state index in [1.165, 1.54) is 0 Å². The van der Waals surface area contributed by atoms with Crippen molar-refractivity contribution in [2.24, 2.45) is 4.99 Å². The predicted molar refractivity (Wildman–Crippen MR) is 89.7 cm³/mol. The fraction of sp³-hybridized carbons (Fsp3) is 0.0500. The van der Waals surface area contributed by atoms with Crippen molar-refractivity contribution in [2.75, 3.05) is 0 Å². The van der Waals surface area contributed by atoms with Crippen LogP contribution in [0.1, 0.15) is 32.7 Å². The Morgan fingerprint density at radius 1 is 0.783 bits per heavy atom. The second kappa shape index (κ2) is 5.29. The predicted octanol–water partition coefficient (Wildman–Crippen LogP) is 3.88. The highest BCUT2D eigenvalue weighted by molar-refractivity contribution is 6.40. The van der Waals surface area contributed by atoms with E-state index in [2.05, 4.69) is 4.99 Å². The molecule has 3 nitrogen and oxygen atoms in total. The van der Waals surface area contributed by atoms with Gasteiger partial charge in [0.25, 0.3) is 0 Å². The molecule has 0 aromatic heterocycles. The van der Waals surface area contributed by atoms with Crippen LogP contribution in [0, 0.1) is 0 Å². The van der Waals surface area contributed by atoms with E-state index in [-0.39, 0.29) is 17.1 Å². The van der Waals surface area contributed by atoms with Crippen molar-refractivity contribution in [1.29, 1.82) is 0 Å². The summed E-state index contributed by atoms with van der Waals surface area (Å²) < 4.78 is 0. The summed E-state index contributed by atoms with van der Waals surface area (Å²) in [5.74, 6) is -0.362. The zero-order valence-electron chi connectivity index (χ0n) is 12.3. The van der Waals surface area contributed by atoms with E-state index in [1.807, 2.05) is 36.4 Å². The summed E-state index contributed by atoms with van der Waals surface area (Å²) >= 11 is 0. The molecule has 0 radical (unpaired) electrons. The van der Waals surface area contributed by atoms with Crippen LogP contribution in [0.15, 0.2) is 76.8 Å². The number of allylic oxidation sites excluding steroid dienone is 3. The summed E-state index contributed by atoms with van der Waals surface area (Å²) in [5, 5.41) is 0. The Hall–Kier alpha value is -3.07. The summed E-state index contributed by atoms with van der Waals surface area (Å²) in [6.07, 6.45) is 4.11. The molecule has 1 heterocycles. The maximum Gasteiger partial charge on any atom is 0.198 e. The van der Waals surface area contributed by atoms with Gasteiger partial charge in [-0.2, -0.15) is 0 Å². The molecule has 0 fully saturated rings. The number of Topliss-reactive ketones (excluding diaryl/α,β-unsaturated/α-hetero) is 2. The number of carbonyl (C=O) groups is 2. The fourth-order valence-electron chi connectivity index (χ4n) is 2.99. The molecule has 1 aliphatic heterocycles. The Labute approximate surface area is 133 Å². The van der Waals surface area contributed by atoms with Crippen molar-refractivity contribution < 1.29 is 9.59 Å². The van der Waals surface area contributed by atoms with Gasteiger partial charge in [-0.1, -0.05) is 54.6 Å². The lowest BCUT2D eigenvalue weighted by Gasteiger charge is -2.11. The number of benzene rings is 2. The van der Waals surface area contributed by atoms with Gasteiger partial charge in [-0.25, -0.2) is 0 Å². The Morgan fingerprint density at radius 3 is 2.04 bits per heavy atom. The van der Waals surface area contributed by atoms with Gasteiger partial charge in [0.15, 0.2) is 11.6 Å². The van der Waals surface area contributed by atoms with E-state index in [9.17, 15) is 9.59 Å². The SMILES string of the molecule is O=C1C(=C2C=C(c3ccccc3)N=CC2)C(=O)c2ccccc21. The lowest BCUT2D eigenvalue weighted by atomic mass is 9.97. The molecule has 0 bridgehead atoms. The van der Waals surface area contributed by atoms with Crippen LogP contribution >= 0.6 is 0 Å². The van der Waals surface area contributed by atoms with E-state index >= 15 is 0 Å². The van der Waals surface area contributed by atoms with E-state index in [1.54, 1.807) is 30.5 Å². The highest BCUT2D eigenvalue weighted by Gasteiger charge is 2.34. The topological polar surface area (TPSA) is 46.5 Å². The zero-order valence-corrected chi connectivity index (χ0v) is 12.3. The van der Waals surface area contributed by atoms with Crippen molar-refractivity contribution >= 4 is 23.5 Å². The average Bonchev–Trinajstić information content (AvgIpc) is 2.87. The molecule has 4 rings (SSSR count). The molecule has 0 unspecified atom stereocenters. The molecule has 2 aromatic rings. The smallest absolute Gasteiger partial charge is 0.198 e. The number of hydrogen-bond acceptors (Lipinski definition) is 3. The van der Waals surface area contributed by atoms with Gasteiger partial charge < -0.3 is 0 Å². The van der Waals surface area contributed by atoms with Crippen molar-refractivity contribution in [3.05, 3.63) is 88.5 Å². The summed E-state index contributed by atoms with van der Waals surface area (Å²) in [5.41, 5.74) is 3.76. The van der Waals surface area contributed by atoms with Gasteiger partial charge in [0, 0.05) is 29.3 Å². The normalized spacial score (nSPS) is 16.6. The second-order valence-electron chi connectivity index (χ2n) is 5.52. The van der Waals surface area contributed by atoms with Gasteiger partial charge in [0.1, 0.15) is 0 Å². The molecule has 0 atom stereocenters. The number of rotatable bonds is 1. The molecule has 0 amide bonds. The van der Waals surface area contributed by atoms with E-state index in [0.29, 0.717) is 17.5 Å². The molecule has 0 N–H and O–H groups in total. The lowest BCUT2D eigenvalue weighted by Crippen LogP contribution is -2.07. The van der Waals surface area contributed by atoms with Crippen LogP contribution in [-0.2, 0) is 0 Å². The molecule has 0 saturated heterocycles. The number of ketones is 2. The Morgan fingerprint density at radius 2 is 1.39 bits per heavy atom. The first kappa shape index (κ1) is 13.6. The van der Waals surface area contributed by atoms with Gasteiger partial charge in [0.05, 0.1) is 11.3 Å². The third-order valence-corrected chi connectivity index (χ3v) is 4.11. The number of fused-ring (bicyclic) bond motifs is 1. The van der Waals surface area contributed by atoms with Crippen LogP contribution in [0.25, 0.3) is 5.70 Å². The largest absolute Gasteiger partial charge is 0.288 e. The Balaban J connectivity index is 1.83. The molecule has 1 aliphatic carbocycles. The maximum atomic E-state index is 12.6. The van der Waals surface area contributed by atoms with E-state index < -0.39 is 0 Å². The Bertz CT molecular complexity index is 881. The summed E-state index contributed by atoms with van der Waals surface area (Å²) in [6.45, 7) is 0. The van der Waals surface area contributed by atoms with Crippen molar-refractivity contribution in [3.63, 3.8) is 0 Å². The molecule has 110 valence electrons. The van der Waals surface area contributed by atoms with Crippen LogP contribution in [-0.4, -0.2) is 17.8 Å². The molecule has 23 heavy (non-hydrogen) atoms. The average molecular weight is 299 g/mol. The minimum Gasteiger partial charge on any atom is -0.288 e. The third kappa shape index (κ3) is 2.18. The molecular formula is C20H13NO2. The first-order chi connectivity index (χ1) is 11.3. The quantitative estimate of drug-likeness (QED) is 0.592. The number of carbonyl (C=O) groups excluding carboxylic acids is 2. The summed E-state index contributed by atoms with van der Waals surface area (Å²) in [4.78, 5) is 29.6. The maximum absolute atomic E-state index is 12.6. The second-order valence-corrected chi connectivity index (χ2v) is 5.52. The van der Waals surface area contributed by atoms with Gasteiger partial charge in [-0.3, -0.25) is 14.6 Å². The van der Waals surface area contributed by atoms with Crippen molar-refractivity contribution in [3.8, 4) is 0 Å². The van der Waals surface area contributed by atoms with E-state index in [4.69, 9.17) is 0 Å². The molecule has 2 aliphatic rings. The molecule has 2 aromatic carbocycles. The van der Waals surface area contributed by atoms with Crippen LogP contribution in [0.2, 0.25) is 0 Å². The van der Waals surface area contributed by atoms with Crippen molar-refractivity contribution in [1.82, 2.24) is 0 Å². The highest BCUT2D eigenvalue weighted by atomic mass is 16.2. The van der Waals surface area contributed by atoms with Crippen LogP contribution in [0.3, 0.4) is 0 Å². The molecule has 0 spiro atoms. The van der Waals surface area contributed by atoms with Gasteiger partial charge in [-0.15, -0.1) is 0 Å². The molecule has 0 saturated carbocycles. The van der Waals surface area contributed by atoms with Gasteiger partial charge in [-0.05, 0) is 11.6 Å². The standard InChI is InChI=1S/C20H13NO2/c22-19-15-8-4-5-9-16(15)20(23)18(19)14-10-11-21-17(12-14)13-6-2-1-3-7-13/h1-9,11-12H,10H2. The highest BCUT2D eigenvalue weighted by Crippen LogP contribution is 2.32.